The Bertz CT molecular complexity index is 1140. The van der Waals surface area contributed by atoms with Crippen LogP contribution in [0.1, 0.15) is 44.7 Å². The molecule has 4 rings (SSSR count). The van der Waals surface area contributed by atoms with Gasteiger partial charge in [0.1, 0.15) is 17.6 Å². The Balaban J connectivity index is 1.48. The molecule has 2 aromatic carbocycles. The van der Waals surface area contributed by atoms with Gasteiger partial charge in [-0.25, -0.2) is 4.39 Å². The van der Waals surface area contributed by atoms with Crippen molar-refractivity contribution < 1.29 is 31.7 Å². The fourth-order valence-corrected chi connectivity index (χ4v) is 3.61. The van der Waals surface area contributed by atoms with E-state index in [2.05, 4.69) is 20.3 Å². The van der Waals surface area contributed by atoms with E-state index >= 15 is 0 Å². The molecule has 1 aliphatic rings. The summed E-state index contributed by atoms with van der Waals surface area (Å²) in [4.78, 5) is 25.2. The third kappa shape index (κ3) is 4.34. The molecule has 2 N–H and O–H groups in total. The summed E-state index contributed by atoms with van der Waals surface area (Å²) in [5, 5.41) is 8.07. The number of aromatic nitrogens is 1. The topological polar surface area (TPSA) is 84.2 Å². The lowest BCUT2D eigenvalue weighted by molar-refractivity contribution is -0.143. The van der Waals surface area contributed by atoms with Crippen molar-refractivity contribution in [2.45, 2.75) is 24.6 Å². The number of alkyl halides is 3. The zero-order valence-corrected chi connectivity index (χ0v) is 16.4. The molecule has 6 nitrogen and oxygen atoms in total. The summed E-state index contributed by atoms with van der Waals surface area (Å²) < 4.78 is 57.0. The Kier molecular flexibility index (Phi) is 5.68. The van der Waals surface area contributed by atoms with Gasteiger partial charge in [0.25, 0.3) is 5.91 Å². The molecule has 2 amide bonds. The predicted octanol–water partition coefficient (Wildman–Crippen LogP) is 3.76. The fourth-order valence-electron chi connectivity index (χ4n) is 3.61. The number of carbonyl (C=O) groups excluding carboxylic acids is 2. The molecule has 166 valence electrons. The van der Waals surface area contributed by atoms with Crippen molar-refractivity contribution in [1.29, 1.82) is 0 Å². The molecule has 1 heterocycles. The molecule has 3 aromatic rings. The van der Waals surface area contributed by atoms with Crippen molar-refractivity contribution in [2.24, 2.45) is 0 Å². The molecule has 0 saturated heterocycles. The van der Waals surface area contributed by atoms with Crippen LogP contribution >= 0.6 is 0 Å². The number of nitrogens with zero attached hydrogens (tertiary/aromatic N) is 1. The normalized spacial score (nSPS) is 15.9. The molecule has 1 aliphatic carbocycles. The van der Waals surface area contributed by atoms with Crippen LogP contribution in [-0.2, 0) is 17.4 Å². The first-order chi connectivity index (χ1) is 15.2. The number of carbonyl (C=O) groups is 2. The lowest BCUT2D eigenvalue weighted by Crippen LogP contribution is -2.42. The van der Waals surface area contributed by atoms with E-state index < -0.39 is 41.1 Å². The number of hydrogen-bond donors (Lipinski definition) is 2. The molecule has 0 radical (unpaired) electrons. The second kappa shape index (κ2) is 8.45. The first-order valence-corrected chi connectivity index (χ1v) is 9.67. The average Bonchev–Trinajstić information content (AvgIpc) is 3.25. The number of hydrogen-bond acceptors (Lipinski definition) is 4. The summed E-state index contributed by atoms with van der Waals surface area (Å²) in [7, 11) is 0. The van der Waals surface area contributed by atoms with Crippen LogP contribution in [0.5, 0.6) is 0 Å². The number of amides is 2. The monoisotopic (exact) mass is 447 g/mol. The van der Waals surface area contributed by atoms with E-state index in [1.165, 1.54) is 12.1 Å². The third-order valence-corrected chi connectivity index (χ3v) is 5.29. The highest BCUT2D eigenvalue weighted by molar-refractivity contribution is 5.95. The van der Waals surface area contributed by atoms with Crippen molar-refractivity contribution in [3.05, 3.63) is 88.6 Å². The quantitative estimate of drug-likeness (QED) is 0.564. The molecular weight excluding hydrogens is 430 g/mol. The number of benzene rings is 2. The first-order valence-electron chi connectivity index (χ1n) is 9.67. The summed E-state index contributed by atoms with van der Waals surface area (Å²) in [5.41, 5.74) is -0.132. The van der Waals surface area contributed by atoms with Gasteiger partial charge in [0.05, 0.1) is 12.0 Å². The van der Waals surface area contributed by atoms with Crippen LogP contribution < -0.4 is 10.6 Å². The van der Waals surface area contributed by atoms with Crippen molar-refractivity contribution in [1.82, 2.24) is 15.8 Å². The van der Waals surface area contributed by atoms with E-state index in [0.717, 1.165) is 5.56 Å². The van der Waals surface area contributed by atoms with Crippen LogP contribution in [0, 0.1) is 5.82 Å². The fraction of sp³-hybridized carbons (Fsp3) is 0.227. The number of fused-ring (bicyclic) bond motifs is 1. The van der Waals surface area contributed by atoms with Gasteiger partial charge in [0.2, 0.25) is 5.91 Å². The number of nitrogens with one attached hydrogen (secondary N) is 2. The zero-order valence-electron chi connectivity index (χ0n) is 16.4. The Morgan fingerprint density at radius 3 is 2.62 bits per heavy atom. The van der Waals surface area contributed by atoms with Crippen LogP contribution in [-0.4, -0.2) is 23.5 Å². The van der Waals surface area contributed by atoms with Gasteiger partial charge in [-0.3, -0.25) is 9.59 Å². The lowest BCUT2D eigenvalue weighted by Gasteiger charge is -2.30. The summed E-state index contributed by atoms with van der Waals surface area (Å²) >= 11 is 0. The maximum atomic E-state index is 13.5. The smallest absolute Gasteiger partial charge is 0.363 e. The molecule has 0 aliphatic heterocycles. The Labute approximate surface area is 179 Å². The molecule has 0 spiro atoms. The third-order valence-electron chi connectivity index (χ3n) is 5.29. The van der Waals surface area contributed by atoms with E-state index in [9.17, 15) is 27.2 Å². The standard InChI is InChI=1S/C22H17F4N3O3/c23-14-7-6-13-8-16(15(13)9-14)20(30)27-10-18(12-4-2-1-3-5-12)28-21(31)17-11-32-29-19(17)22(24,25)26/h1-7,9,11,16,18H,8,10H2,(H,27,30)(H,28,31). The Morgan fingerprint density at radius 2 is 1.91 bits per heavy atom. The van der Waals surface area contributed by atoms with Gasteiger partial charge >= 0.3 is 6.18 Å². The molecule has 0 fully saturated rings. The number of rotatable bonds is 6. The van der Waals surface area contributed by atoms with E-state index in [4.69, 9.17) is 0 Å². The predicted molar refractivity (Wildman–Crippen MR) is 104 cm³/mol. The summed E-state index contributed by atoms with van der Waals surface area (Å²) in [6.07, 6.45) is -3.78. The van der Waals surface area contributed by atoms with Crippen molar-refractivity contribution in [3.63, 3.8) is 0 Å². The van der Waals surface area contributed by atoms with Gasteiger partial charge in [-0.15, -0.1) is 0 Å². The minimum Gasteiger partial charge on any atom is -0.363 e. The Morgan fingerprint density at radius 1 is 1.16 bits per heavy atom. The van der Waals surface area contributed by atoms with Crippen LogP contribution in [0.15, 0.2) is 59.3 Å². The van der Waals surface area contributed by atoms with Crippen LogP contribution in [0.3, 0.4) is 0 Å². The molecule has 0 bridgehead atoms. The maximum absolute atomic E-state index is 13.5. The van der Waals surface area contributed by atoms with E-state index in [1.54, 1.807) is 36.4 Å². The van der Waals surface area contributed by atoms with Gasteiger partial charge in [0.15, 0.2) is 5.69 Å². The summed E-state index contributed by atoms with van der Waals surface area (Å²) in [6.45, 7) is -0.0810. The number of halogens is 4. The molecular formula is C22H17F4N3O3. The molecule has 0 saturated carbocycles. The minimum absolute atomic E-state index is 0.0810. The molecule has 2 unspecified atom stereocenters. The molecule has 1 aromatic heterocycles. The van der Waals surface area contributed by atoms with Gasteiger partial charge in [0, 0.05) is 6.54 Å². The van der Waals surface area contributed by atoms with Gasteiger partial charge in [-0.05, 0) is 35.2 Å². The molecule has 10 heteroatoms. The SMILES string of the molecule is O=C(NC(CNC(=O)C1Cc2ccc(F)cc21)c1ccccc1)c1conc1C(F)(F)F. The highest BCUT2D eigenvalue weighted by atomic mass is 19.4. The molecule has 2 atom stereocenters. The highest BCUT2D eigenvalue weighted by Crippen LogP contribution is 2.35. The van der Waals surface area contributed by atoms with Gasteiger partial charge < -0.3 is 15.2 Å². The van der Waals surface area contributed by atoms with E-state index in [0.29, 0.717) is 23.8 Å². The Hall–Kier alpha value is -3.69. The average molecular weight is 447 g/mol. The second-order valence-electron chi connectivity index (χ2n) is 7.36. The van der Waals surface area contributed by atoms with Crippen LogP contribution in [0.4, 0.5) is 17.6 Å². The largest absolute Gasteiger partial charge is 0.437 e. The highest BCUT2D eigenvalue weighted by Gasteiger charge is 2.40. The van der Waals surface area contributed by atoms with Crippen molar-refractivity contribution in [3.8, 4) is 0 Å². The second-order valence-corrected chi connectivity index (χ2v) is 7.36. The minimum atomic E-state index is -4.86. The summed E-state index contributed by atoms with van der Waals surface area (Å²) in [5.74, 6) is -2.37. The van der Waals surface area contributed by atoms with Gasteiger partial charge in [-0.2, -0.15) is 13.2 Å². The first kappa shape index (κ1) is 21.5. The van der Waals surface area contributed by atoms with Crippen molar-refractivity contribution >= 4 is 11.8 Å². The van der Waals surface area contributed by atoms with Crippen molar-refractivity contribution in [2.75, 3.05) is 6.54 Å². The summed E-state index contributed by atoms with van der Waals surface area (Å²) in [6, 6.07) is 11.9. The molecule has 32 heavy (non-hydrogen) atoms. The van der Waals surface area contributed by atoms with Crippen LogP contribution in [0.25, 0.3) is 0 Å². The van der Waals surface area contributed by atoms with Gasteiger partial charge in [-0.1, -0.05) is 41.6 Å². The van der Waals surface area contributed by atoms with E-state index in [1.807, 2.05) is 0 Å². The lowest BCUT2D eigenvalue weighted by atomic mass is 9.77. The van der Waals surface area contributed by atoms with E-state index in [-0.39, 0.29) is 12.5 Å². The van der Waals surface area contributed by atoms with Crippen LogP contribution in [0.2, 0.25) is 0 Å². The zero-order chi connectivity index (χ0) is 22.9. The maximum Gasteiger partial charge on any atom is 0.437 e.